The van der Waals surface area contributed by atoms with Crippen LogP contribution in [0.2, 0.25) is 0 Å². The number of ether oxygens (including phenoxy) is 1. The molecule has 0 bridgehead atoms. The van der Waals surface area contributed by atoms with Crippen LogP contribution in [0, 0.1) is 5.92 Å². The van der Waals surface area contributed by atoms with Crippen LogP contribution >= 0.6 is 0 Å². The van der Waals surface area contributed by atoms with Gasteiger partial charge in [0.2, 0.25) is 11.8 Å². The number of carbonyl (C=O) groups is 2. The van der Waals surface area contributed by atoms with E-state index in [0.717, 1.165) is 11.3 Å². The van der Waals surface area contributed by atoms with Crippen molar-refractivity contribution in [2.45, 2.75) is 26.7 Å². The van der Waals surface area contributed by atoms with Crippen molar-refractivity contribution in [3.63, 3.8) is 0 Å². The average Bonchev–Trinajstić information content (AvgIpc) is 2.49. The van der Waals surface area contributed by atoms with Gasteiger partial charge in [-0.15, -0.1) is 0 Å². The molecule has 0 fully saturated rings. The maximum absolute atomic E-state index is 11.7. The molecule has 0 aliphatic heterocycles. The molecule has 2 amide bonds. The van der Waals surface area contributed by atoms with Gasteiger partial charge in [-0.1, -0.05) is 26.0 Å². The predicted octanol–water partition coefficient (Wildman–Crippen LogP) is 1.52. The topological polar surface area (TPSA) is 67.4 Å². The van der Waals surface area contributed by atoms with Gasteiger partial charge in [0.05, 0.1) is 7.11 Å². The van der Waals surface area contributed by atoms with Gasteiger partial charge in [0.1, 0.15) is 5.75 Å². The third-order valence-electron chi connectivity index (χ3n) is 3.07. The molecular weight excluding hydrogens is 268 g/mol. The minimum Gasteiger partial charge on any atom is -0.497 e. The highest BCUT2D eigenvalue weighted by Gasteiger charge is 2.06. The largest absolute Gasteiger partial charge is 0.497 e. The number of hydrogen-bond donors (Lipinski definition) is 2. The van der Waals surface area contributed by atoms with Crippen LogP contribution in [-0.2, 0) is 16.0 Å². The monoisotopic (exact) mass is 292 g/mol. The summed E-state index contributed by atoms with van der Waals surface area (Å²) in [4.78, 5) is 23.0. The minimum absolute atomic E-state index is 0.00230. The molecule has 0 saturated carbocycles. The lowest BCUT2D eigenvalue weighted by atomic mass is 10.1. The molecule has 0 unspecified atom stereocenters. The van der Waals surface area contributed by atoms with Crippen LogP contribution in [0.4, 0.5) is 0 Å². The van der Waals surface area contributed by atoms with Gasteiger partial charge < -0.3 is 15.4 Å². The van der Waals surface area contributed by atoms with E-state index in [4.69, 9.17) is 4.74 Å². The van der Waals surface area contributed by atoms with E-state index in [0.29, 0.717) is 25.9 Å². The summed E-state index contributed by atoms with van der Waals surface area (Å²) in [5, 5.41) is 5.55. The first kappa shape index (κ1) is 17.0. The van der Waals surface area contributed by atoms with Crippen LogP contribution < -0.4 is 15.4 Å². The first-order valence-corrected chi connectivity index (χ1v) is 7.20. The minimum atomic E-state index is -0.0317. The van der Waals surface area contributed by atoms with Crippen molar-refractivity contribution >= 4 is 11.8 Å². The lowest BCUT2D eigenvalue weighted by Crippen LogP contribution is -2.36. The van der Waals surface area contributed by atoms with Crippen LogP contribution in [0.3, 0.4) is 0 Å². The van der Waals surface area contributed by atoms with Crippen molar-refractivity contribution in [1.29, 1.82) is 0 Å². The number of methoxy groups -OCH3 is 1. The Morgan fingerprint density at radius 1 is 1.10 bits per heavy atom. The van der Waals surface area contributed by atoms with Crippen molar-refractivity contribution in [3.05, 3.63) is 29.8 Å². The second-order valence-corrected chi connectivity index (χ2v) is 5.14. The molecule has 0 aromatic heterocycles. The smallest absolute Gasteiger partial charge is 0.222 e. The van der Waals surface area contributed by atoms with Crippen molar-refractivity contribution in [2.75, 3.05) is 20.2 Å². The molecular formula is C16H24N2O3. The number of benzene rings is 1. The first-order chi connectivity index (χ1) is 10.0. The second-order valence-electron chi connectivity index (χ2n) is 5.14. The van der Waals surface area contributed by atoms with E-state index in [1.54, 1.807) is 7.11 Å². The number of hydrogen-bond acceptors (Lipinski definition) is 3. The molecule has 1 aromatic carbocycles. The highest BCUT2D eigenvalue weighted by atomic mass is 16.5. The second kappa shape index (κ2) is 9.00. The van der Waals surface area contributed by atoms with Crippen molar-refractivity contribution in [3.8, 4) is 5.75 Å². The van der Waals surface area contributed by atoms with Crippen molar-refractivity contribution in [2.24, 2.45) is 5.92 Å². The highest BCUT2D eigenvalue weighted by molar-refractivity contribution is 5.78. The standard InChI is InChI=1S/C16H24N2O3/c1-12(2)16(20)18-11-10-17-15(19)9-6-13-4-7-14(21-3)8-5-13/h4-5,7-8,12H,6,9-11H2,1-3H3,(H,17,19)(H,18,20). The normalized spacial score (nSPS) is 10.3. The van der Waals surface area contributed by atoms with Gasteiger partial charge in [0, 0.05) is 25.4 Å². The molecule has 0 saturated heterocycles. The van der Waals surface area contributed by atoms with Crippen LogP contribution in [0.1, 0.15) is 25.8 Å². The fourth-order valence-corrected chi connectivity index (χ4v) is 1.73. The Hall–Kier alpha value is -2.04. The summed E-state index contributed by atoms with van der Waals surface area (Å²) in [6.07, 6.45) is 1.12. The van der Waals surface area contributed by atoms with E-state index in [2.05, 4.69) is 10.6 Å². The molecule has 0 radical (unpaired) electrons. The molecule has 0 heterocycles. The Kier molecular flexibility index (Phi) is 7.29. The number of amides is 2. The maximum Gasteiger partial charge on any atom is 0.222 e. The summed E-state index contributed by atoms with van der Waals surface area (Å²) >= 11 is 0. The zero-order valence-corrected chi connectivity index (χ0v) is 12.9. The zero-order chi connectivity index (χ0) is 15.7. The third-order valence-corrected chi connectivity index (χ3v) is 3.07. The Morgan fingerprint density at radius 2 is 1.71 bits per heavy atom. The van der Waals surface area contributed by atoms with Gasteiger partial charge in [0.25, 0.3) is 0 Å². The van der Waals surface area contributed by atoms with E-state index in [9.17, 15) is 9.59 Å². The van der Waals surface area contributed by atoms with Crippen LogP contribution in [0.15, 0.2) is 24.3 Å². The molecule has 0 spiro atoms. The van der Waals surface area contributed by atoms with Gasteiger partial charge in [-0.25, -0.2) is 0 Å². The Labute approximate surface area is 126 Å². The van der Waals surface area contributed by atoms with Gasteiger partial charge in [0.15, 0.2) is 0 Å². The summed E-state index contributed by atoms with van der Waals surface area (Å²) in [5.74, 6) is 0.770. The lowest BCUT2D eigenvalue weighted by Gasteiger charge is -2.09. The number of rotatable bonds is 8. The molecule has 0 atom stereocenters. The molecule has 5 heteroatoms. The number of aryl methyl sites for hydroxylation is 1. The molecule has 0 aliphatic rings. The summed E-state index contributed by atoms with van der Waals surface area (Å²) in [6, 6.07) is 7.67. The van der Waals surface area contributed by atoms with Gasteiger partial charge >= 0.3 is 0 Å². The number of nitrogens with one attached hydrogen (secondary N) is 2. The van der Waals surface area contributed by atoms with Crippen molar-refractivity contribution < 1.29 is 14.3 Å². The Morgan fingerprint density at radius 3 is 2.29 bits per heavy atom. The molecule has 116 valence electrons. The van der Waals surface area contributed by atoms with E-state index in [1.807, 2.05) is 38.1 Å². The SMILES string of the molecule is COc1ccc(CCC(=O)NCCNC(=O)C(C)C)cc1. The Bertz CT molecular complexity index is 455. The van der Waals surface area contributed by atoms with Crippen molar-refractivity contribution in [1.82, 2.24) is 10.6 Å². The van der Waals surface area contributed by atoms with Gasteiger partial charge in [-0.05, 0) is 24.1 Å². The van der Waals surface area contributed by atoms with Gasteiger partial charge in [-0.2, -0.15) is 0 Å². The molecule has 1 aromatic rings. The third kappa shape index (κ3) is 6.79. The summed E-state index contributed by atoms with van der Waals surface area (Å²) in [5.41, 5.74) is 1.10. The zero-order valence-electron chi connectivity index (χ0n) is 12.9. The quantitative estimate of drug-likeness (QED) is 0.714. The van der Waals surface area contributed by atoms with Crippen LogP contribution in [0.5, 0.6) is 5.75 Å². The predicted molar refractivity (Wildman–Crippen MR) is 82.2 cm³/mol. The average molecular weight is 292 g/mol. The number of carbonyl (C=O) groups excluding carboxylic acids is 2. The molecule has 2 N–H and O–H groups in total. The van der Waals surface area contributed by atoms with E-state index < -0.39 is 0 Å². The van der Waals surface area contributed by atoms with Crippen LogP contribution in [0.25, 0.3) is 0 Å². The fourth-order valence-electron chi connectivity index (χ4n) is 1.73. The summed E-state index contributed by atoms with van der Waals surface area (Å²) in [7, 11) is 1.63. The first-order valence-electron chi connectivity index (χ1n) is 7.20. The van der Waals surface area contributed by atoms with E-state index >= 15 is 0 Å². The van der Waals surface area contributed by atoms with Crippen LogP contribution in [-0.4, -0.2) is 32.0 Å². The molecule has 0 aliphatic carbocycles. The summed E-state index contributed by atoms with van der Waals surface area (Å²) in [6.45, 7) is 4.59. The van der Waals surface area contributed by atoms with E-state index in [1.165, 1.54) is 0 Å². The summed E-state index contributed by atoms with van der Waals surface area (Å²) < 4.78 is 5.08. The lowest BCUT2D eigenvalue weighted by molar-refractivity contribution is -0.124. The van der Waals surface area contributed by atoms with Gasteiger partial charge in [-0.3, -0.25) is 9.59 Å². The maximum atomic E-state index is 11.7. The highest BCUT2D eigenvalue weighted by Crippen LogP contribution is 2.12. The molecule has 5 nitrogen and oxygen atoms in total. The fraction of sp³-hybridized carbons (Fsp3) is 0.500. The molecule has 21 heavy (non-hydrogen) atoms. The molecule has 1 rings (SSSR count). The van der Waals surface area contributed by atoms with E-state index in [-0.39, 0.29) is 17.7 Å². The Balaban J connectivity index is 2.17.